The molecule has 0 aromatic heterocycles. The van der Waals surface area contributed by atoms with E-state index >= 15 is 0 Å². The molecule has 0 aliphatic carbocycles. The van der Waals surface area contributed by atoms with Gasteiger partial charge in [0.25, 0.3) is 0 Å². The summed E-state index contributed by atoms with van der Waals surface area (Å²) < 4.78 is 0. The first-order valence-corrected chi connectivity index (χ1v) is 7.85. The number of rotatable bonds is 5. The molecule has 4 heteroatoms. The van der Waals surface area contributed by atoms with Crippen molar-refractivity contribution < 1.29 is 0 Å². The van der Waals surface area contributed by atoms with Gasteiger partial charge in [0, 0.05) is 17.0 Å². The average Bonchev–Trinajstić information content (AvgIpc) is 2.51. The lowest BCUT2D eigenvalue weighted by molar-refractivity contribution is 0.575. The van der Waals surface area contributed by atoms with Gasteiger partial charge in [-0.2, -0.15) is 11.8 Å². The first kappa shape index (κ1) is 13.2. The van der Waals surface area contributed by atoms with Crippen LogP contribution >= 0.6 is 23.5 Å². The van der Waals surface area contributed by atoms with Crippen molar-refractivity contribution in [3.63, 3.8) is 0 Å². The second-order valence-electron chi connectivity index (χ2n) is 4.52. The van der Waals surface area contributed by atoms with Crippen LogP contribution in [0.5, 0.6) is 0 Å². The summed E-state index contributed by atoms with van der Waals surface area (Å²) >= 11 is 3.80. The lowest BCUT2D eigenvalue weighted by Crippen LogP contribution is -2.31. The van der Waals surface area contributed by atoms with Gasteiger partial charge in [0.1, 0.15) is 0 Å². The number of hydrogen-bond acceptors (Lipinski definition) is 4. The van der Waals surface area contributed by atoms with E-state index in [-0.39, 0.29) is 0 Å². The molecule has 15 heavy (non-hydrogen) atoms. The maximum absolute atomic E-state index is 4.55. The van der Waals surface area contributed by atoms with Crippen LogP contribution in [-0.4, -0.2) is 35.0 Å². The normalized spacial score (nSPS) is 23.0. The minimum atomic E-state index is 0.532. The zero-order valence-corrected chi connectivity index (χ0v) is 11.8. The van der Waals surface area contributed by atoms with Gasteiger partial charge in [-0.25, -0.2) is 0 Å². The molecule has 0 spiro atoms. The molecule has 1 heterocycles. The van der Waals surface area contributed by atoms with E-state index in [1.807, 2.05) is 23.5 Å². The van der Waals surface area contributed by atoms with Gasteiger partial charge in [0.05, 0.1) is 6.54 Å². The van der Waals surface area contributed by atoms with Crippen molar-refractivity contribution in [3.8, 4) is 0 Å². The summed E-state index contributed by atoms with van der Waals surface area (Å²) in [6.45, 7) is 7.77. The summed E-state index contributed by atoms with van der Waals surface area (Å²) in [5, 5.41) is 5.33. The summed E-state index contributed by atoms with van der Waals surface area (Å²) in [6.07, 6.45) is 3.42. The van der Waals surface area contributed by atoms with E-state index in [1.165, 1.54) is 6.42 Å². The number of aliphatic imine (C=N–C) groups is 1. The molecular formula is C11H22N2S2. The molecule has 0 radical (unpaired) electrons. The fourth-order valence-electron chi connectivity index (χ4n) is 1.65. The third-order valence-electron chi connectivity index (χ3n) is 2.24. The van der Waals surface area contributed by atoms with Crippen LogP contribution in [-0.2, 0) is 0 Å². The van der Waals surface area contributed by atoms with Gasteiger partial charge in [0.2, 0.25) is 0 Å². The van der Waals surface area contributed by atoms with Gasteiger partial charge < -0.3 is 5.32 Å². The van der Waals surface area contributed by atoms with E-state index in [4.69, 9.17) is 0 Å². The molecule has 0 aromatic rings. The fraction of sp³-hybridized carbons (Fsp3) is 0.909. The lowest BCUT2D eigenvalue weighted by atomic mass is 10.1. The van der Waals surface area contributed by atoms with Gasteiger partial charge in [-0.1, -0.05) is 25.6 Å². The lowest BCUT2D eigenvalue weighted by Gasteiger charge is -2.14. The Labute approximate surface area is 102 Å². The quantitative estimate of drug-likeness (QED) is 0.807. The molecule has 2 unspecified atom stereocenters. The van der Waals surface area contributed by atoms with Gasteiger partial charge in [0.15, 0.2) is 5.17 Å². The number of thioether (sulfide) groups is 2. The minimum Gasteiger partial charge on any atom is -0.362 e. The van der Waals surface area contributed by atoms with Crippen LogP contribution in [0.15, 0.2) is 4.99 Å². The standard InChI is InChI=1S/C11H22N2S2/c1-8(2)5-10-6-12-11(15-10)13-9(3)7-14-4/h8-10H,5-7H2,1-4H3,(H,12,13). The molecule has 2 nitrogen and oxygen atoms in total. The Morgan fingerprint density at radius 1 is 1.53 bits per heavy atom. The molecule has 88 valence electrons. The maximum atomic E-state index is 4.55. The van der Waals surface area contributed by atoms with Crippen molar-refractivity contribution in [2.75, 3.05) is 18.6 Å². The van der Waals surface area contributed by atoms with E-state index in [0.29, 0.717) is 11.3 Å². The van der Waals surface area contributed by atoms with Crippen LogP contribution < -0.4 is 5.32 Å². The molecule has 1 N–H and O–H groups in total. The number of nitrogens with one attached hydrogen (secondary N) is 1. The van der Waals surface area contributed by atoms with Crippen LogP contribution in [0.1, 0.15) is 27.2 Å². The smallest absolute Gasteiger partial charge is 0.157 e. The van der Waals surface area contributed by atoms with Crippen molar-refractivity contribution in [2.45, 2.75) is 38.5 Å². The SMILES string of the molecule is CSCC(C)NC1=NCC(CC(C)C)S1. The molecule has 0 aromatic carbocycles. The Hall–Kier alpha value is 0.170. The van der Waals surface area contributed by atoms with Crippen molar-refractivity contribution in [2.24, 2.45) is 10.9 Å². The first-order valence-electron chi connectivity index (χ1n) is 5.58. The van der Waals surface area contributed by atoms with E-state index in [9.17, 15) is 0 Å². The molecule has 0 bridgehead atoms. The van der Waals surface area contributed by atoms with E-state index in [0.717, 1.165) is 23.4 Å². The molecule has 0 saturated carbocycles. The second kappa shape index (κ2) is 6.69. The molecule has 1 aliphatic rings. The summed E-state index contributed by atoms with van der Waals surface area (Å²) in [5.74, 6) is 1.93. The summed E-state index contributed by atoms with van der Waals surface area (Å²) in [6, 6.07) is 0.532. The van der Waals surface area contributed by atoms with Crippen molar-refractivity contribution in [1.29, 1.82) is 0 Å². The topological polar surface area (TPSA) is 24.4 Å². The Morgan fingerprint density at radius 2 is 2.27 bits per heavy atom. The van der Waals surface area contributed by atoms with Gasteiger partial charge >= 0.3 is 0 Å². The van der Waals surface area contributed by atoms with Crippen molar-refractivity contribution in [1.82, 2.24) is 5.32 Å². The highest BCUT2D eigenvalue weighted by molar-refractivity contribution is 8.14. The third-order valence-corrected chi connectivity index (χ3v) is 4.22. The highest BCUT2D eigenvalue weighted by atomic mass is 32.2. The Morgan fingerprint density at radius 3 is 2.87 bits per heavy atom. The highest BCUT2D eigenvalue weighted by Crippen LogP contribution is 2.25. The van der Waals surface area contributed by atoms with Crippen LogP contribution in [0, 0.1) is 5.92 Å². The number of nitrogens with zero attached hydrogens (tertiary/aromatic N) is 1. The average molecular weight is 246 g/mol. The molecule has 0 fully saturated rings. The molecule has 0 amide bonds. The molecule has 1 rings (SSSR count). The monoisotopic (exact) mass is 246 g/mol. The predicted octanol–water partition coefficient (Wildman–Crippen LogP) is 2.85. The number of amidine groups is 1. The zero-order valence-electron chi connectivity index (χ0n) is 10.1. The summed E-state index contributed by atoms with van der Waals surface area (Å²) in [7, 11) is 0. The Balaban J connectivity index is 2.23. The largest absolute Gasteiger partial charge is 0.362 e. The van der Waals surface area contributed by atoms with E-state index in [2.05, 4.69) is 37.3 Å². The van der Waals surface area contributed by atoms with Gasteiger partial charge in [-0.05, 0) is 25.5 Å². The van der Waals surface area contributed by atoms with Crippen LogP contribution in [0.2, 0.25) is 0 Å². The minimum absolute atomic E-state index is 0.532. The summed E-state index contributed by atoms with van der Waals surface area (Å²) in [4.78, 5) is 4.55. The molecule has 2 atom stereocenters. The maximum Gasteiger partial charge on any atom is 0.157 e. The Bertz CT molecular complexity index is 217. The fourth-order valence-corrected chi connectivity index (χ4v) is 3.60. The first-order chi connectivity index (χ1) is 7.11. The van der Waals surface area contributed by atoms with Gasteiger partial charge in [-0.15, -0.1) is 0 Å². The third kappa shape index (κ3) is 5.16. The Kier molecular flexibility index (Phi) is 5.90. The molecular weight excluding hydrogens is 224 g/mol. The van der Waals surface area contributed by atoms with Crippen LogP contribution in [0.25, 0.3) is 0 Å². The second-order valence-corrected chi connectivity index (χ2v) is 6.72. The zero-order chi connectivity index (χ0) is 11.3. The highest BCUT2D eigenvalue weighted by Gasteiger charge is 2.21. The molecule has 0 saturated heterocycles. The van der Waals surface area contributed by atoms with Crippen molar-refractivity contribution in [3.05, 3.63) is 0 Å². The van der Waals surface area contributed by atoms with Gasteiger partial charge in [-0.3, -0.25) is 4.99 Å². The van der Waals surface area contributed by atoms with E-state index in [1.54, 1.807) is 0 Å². The molecule has 1 aliphatic heterocycles. The summed E-state index contributed by atoms with van der Waals surface area (Å²) in [5.41, 5.74) is 0. The van der Waals surface area contributed by atoms with Crippen molar-refractivity contribution >= 4 is 28.7 Å². The van der Waals surface area contributed by atoms with Crippen LogP contribution in [0.3, 0.4) is 0 Å². The van der Waals surface area contributed by atoms with Crippen LogP contribution in [0.4, 0.5) is 0 Å². The van der Waals surface area contributed by atoms with E-state index < -0.39 is 0 Å². The number of hydrogen-bond donors (Lipinski definition) is 1. The predicted molar refractivity (Wildman–Crippen MR) is 74.1 cm³/mol.